The Labute approximate surface area is 230 Å². The Morgan fingerprint density at radius 2 is 1.95 bits per heavy atom. The summed E-state index contributed by atoms with van der Waals surface area (Å²) in [6.07, 6.45) is 2.73. The maximum absolute atomic E-state index is 15.3. The SMILES string of the molecule is CC(C)(C)OC(=O)N1C[C@H]2C[C@@H]1CN2c1nc(OCC2(CN3CCOCC3)CC2)nc2c(F)c(Br)ccc12. The Hall–Kier alpha value is -2.24. The molecule has 4 fully saturated rings. The third kappa shape index (κ3) is 5.16. The molecule has 1 aliphatic carbocycles. The van der Waals surface area contributed by atoms with Crippen LogP contribution in [-0.2, 0) is 9.47 Å². The number of hydrogen-bond donors (Lipinski definition) is 0. The van der Waals surface area contributed by atoms with Crippen LogP contribution in [0.4, 0.5) is 15.0 Å². The van der Waals surface area contributed by atoms with Gasteiger partial charge < -0.3 is 24.0 Å². The Balaban J connectivity index is 1.23. The highest BCUT2D eigenvalue weighted by atomic mass is 79.9. The van der Waals surface area contributed by atoms with Crippen molar-refractivity contribution in [1.29, 1.82) is 0 Å². The summed E-state index contributed by atoms with van der Waals surface area (Å²) in [7, 11) is 0. The van der Waals surface area contributed by atoms with Gasteiger partial charge in [-0.25, -0.2) is 9.18 Å². The molecular weight excluding hydrogens is 557 g/mol. The van der Waals surface area contributed by atoms with E-state index >= 15 is 4.39 Å². The van der Waals surface area contributed by atoms with E-state index < -0.39 is 11.4 Å². The quantitative estimate of drug-likeness (QED) is 0.494. The number of hydrogen-bond acceptors (Lipinski definition) is 8. The summed E-state index contributed by atoms with van der Waals surface area (Å²) in [5.41, 5.74) is -0.213. The molecule has 11 heteroatoms. The van der Waals surface area contributed by atoms with E-state index in [2.05, 4.69) is 30.7 Å². The predicted octanol–water partition coefficient (Wildman–Crippen LogP) is 4.22. The van der Waals surface area contributed by atoms with Gasteiger partial charge in [-0.15, -0.1) is 0 Å². The van der Waals surface area contributed by atoms with Gasteiger partial charge in [0.1, 0.15) is 16.9 Å². The third-order valence-electron chi connectivity index (χ3n) is 7.99. The van der Waals surface area contributed by atoms with Crippen LogP contribution in [-0.4, -0.2) is 96.1 Å². The summed E-state index contributed by atoms with van der Waals surface area (Å²) in [5.74, 6) is 0.232. The van der Waals surface area contributed by atoms with E-state index in [0.717, 1.165) is 52.1 Å². The van der Waals surface area contributed by atoms with Crippen LogP contribution in [0.2, 0.25) is 0 Å². The van der Waals surface area contributed by atoms with Crippen molar-refractivity contribution in [3.8, 4) is 6.01 Å². The highest BCUT2D eigenvalue weighted by Gasteiger charge is 2.48. The van der Waals surface area contributed by atoms with Crippen LogP contribution in [0.3, 0.4) is 0 Å². The van der Waals surface area contributed by atoms with Gasteiger partial charge in [0.15, 0.2) is 5.82 Å². The van der Waals surface area contributed by atoms with Crippen molar-refractivity contribution >= 4 is 38.7 Å². The molecule has 0 spiro atoms. The van der Waals surface area contributed by atoms with Crippen molar-refractivity contribution in [2.24, 2.45) is 5.41 Å². The average Bonchev–Trinajstić information content (AvgIpc) is 3.32. The molecule has 0 unspecified atom stereocenters. The van der Waals surface area contributed by atoms with E-state index in [0.29, 0.717) is 35.4 Å². The fourth-order valence-electron chi connectivity index (χ4n) is 5.83. The van der Waals surface area contributed by atoms with Crippen molar-refractivity contribution in [2.45, 2.75) is 57.7 Å². The van der Waals surface area contributed by atoms with Gasteiger partial charge in [0.2, 0.25) is 0 Å². The summed E-state index contributed by atoms with van der Waals surface area (Å²) in [5, 5.41) is 0.642. The Morgan fingerprint density at radius 1 is 1.18 bits per heavy atom. The minimum Gasteiger partial charge on any atom is -0.463 e. The molecule has 38 heavy (non-hydrogen) atoms. The molecule has 0 N–H and O–H groups in total. The number of carbonyl (C=O) groups is 1. The number of carbonyl (C=O) groups excluding carboxylic acids is 1. The highest BCUT2D eigenvalue weighted by Crippen LogP contribution is 2.47. The summed E-state index contributed by atoms with van der Waals surface area (Å²) < 4.78 is 32.9. The number of rotatable bonds is 6. The van der Waals surface area contributed by atoms with Crippen LogP contribution >= 0.6 is 15.9 Å². The number of morpholine rings is 1. The van der Waals surface area contributed by atoms with Crippen molar-refractivity contribution in [2.75, 3.05) is 57.4 Å². The fraction of sp³-hybridized carbons (Fsp3) is 0.667. The lowest BCUT2D eigenvalue weighted by molar-refractivity contribution is 0.0214. The molecule has 1 aromatic carbocycles. The first-order valence-corrected chi connectivity index (χ1v) is 14.3. The molecule has 4 heterocycles. The van der Waals surface area contributed by atoms with Crippen molar-refractivity contribution in [3.63, 3.8) is 0 Å². The van der Waals surface area contributed by atoms with Gasteiger partial charge in [-0.2, -0.15) is 9.97 Å². The maximum Gasteiger partial charge on any atom is 0.410 e. The van der Waals surface area contributed by atoms with Crippen LogP contribution in [0.5, 0.6) is 6.01 Å². The van der Waals surface area contributed by atoms with E-state index in [-0.39, 0.29) is 35.1 Å². The average molecular weight is 593 g/mol. The lowest BCUT2D eigenvalue weighted by Crippen LogP contribution is -2.50. The highest BCUT2D eigenvalue weighted by molar-refractivity contribution is 9.10. The van der Waals surface area contributed by atoms with Crippen LogP contribution in [0.25, 0.3) is 10.9 Å². The summed E-state index contributed by atoms with van der Waals surface area (Å²) in [4.78, 5) is 28.5. The molecule has 2 bridgehead atoms. The van der Waals surface area contributed by atoms with Crippen LogP contribution in [0, 0.1) is 11.2 Å². The van der Waals surface area contributed by atoms with Crippen molar-refractivity contribution < 1.29 is 23.4 Å². The molecule has 206 valence electrons. The van der Waals surface area contributed by atoms with Crippen LogP contribution in [0.1, 0.15) is 40.0 Å². The number of nitrogens with zero attached hydrogens (tertiary/aromatic N) is 5. The topological polar surface area (TPSA) is 80.3 Å². The van der Waals surface area contributed by atoms with Crippen LogP contribution in [0.15, 0.2) is 16.6 Å². The van der Waals surface area contributed by atoms with Gasteiger partial charge in [-0.3, -0.25) is 4.90 Å². The molecule has 9 nitrogen and oxygen atoms in total. The third-order valence-corrected chi connectivity index (χ3v) is 8.60. The number of ether oxygens (including phenoxy) is 3. The van der Waals surface area contributed by atoms with Gasteiger partial charge in [0.25, 0.3) is 0 Å². The molecule has 1 saturated carbocycles. The second-order valence-electron chi connectivity index (χ2n) is 12.1. The number of halogens is 2. The Kier molecular flexibility index (Phi) is 6.67. The minimum absolute atomic E-state index is 0.0211. The first-order chi connectivity index (χ1) is 18.1. The molecule has 2 aromatic rings. The lowest BCUT2D eigenvalue weighted by atomic mass is 10.1. The number of benzene rings is 1. The monoisotopic (exact) mass is 591 g/mol. The lowest BCUT2D eigenvalue weighted by Gasteiger charge is -2.36. The number of fused-ring (bicyclic) bond motifs is 3. The Morgan fingerprint density at radius 3 is 2.61 bits per heavy atom. The summed E-state index contributed by atoms with van der Waals surface area (Å²) >= 11 is 3.30. The first kappa shape index (κ1) is 26.0. The number of piperazine rings is 1. The van der Waals surface area contributed by atoms with E-state index in [9.17, 15) is 4.79 Å². The summed E-state index contributed by atoms with van der Waals surface area (Å²) in [6.45, 7) is 11.7. The van der Waals surface area contributed by atoms with Crippen molar-refractivity contribution in [1.82, 2.24) is 19.8 Å². The molecule has 3 saturated heterocycles. The van der Waals surface area contributed by atoms with Crippen LogP contribution < -0.4 is 9.64 Å². The second kappa shape index (κ2) is 9.75. The molecule has 1 aromatic heterocycles. The molecule has 3 aliphatic heterocycles. The zero-order chi connectivity index (χ0) is 26.7. The molecule has 4 aliphatic rings. The van der Waals surface area contributed by atoms with Gasteiger partial charge >= 0.3 is 12.1 Å². The molecule has 1 amide bonds. The standard InChI is InChI=1S/C27H35BrFN5O4/c1-26(2,3)38-25(35)34-14-17-12-18(34)13-33(17)23-19-4-5-20(28)21(29)22(19)30-24(31-23)37-16-27(6-7-27)15-32-8-10-36-11-9-32/h4-5,17-18H,6-16H2,1-3H3/t17-,18-/m1/s1. The van der Waals surface area contributed by atoms with E-state index in [4.69, 9.17) is 19.2 Å². The number of amides is 1. The van der Waals surface area contributed by atoms with Gasteiger partial charge in [-0.1, -0.05) is 0 Å². The number of aromatic nitrogens is 2. The minimum atomic E-state index is -0.542. The van der Waals surface area contributed by atoms with Gasteiger partial charge in [0, 0.05) is 43.5 Å². The number of likely N-dealkylation sites (tertiary alicyclic amines) is 1. The smallest absolute Gasteiger partial charge is 0.410 e. The van der Waals surface area contributed by atoms with E-state index in [1.807, 2.05) is 31.7 Å². The zero-order valence-corrected chi connectivity index (χ0v) is 23.8. The van der Waals surface area contributed by atoms with Gasteiger partial charge in [0.05, 0.1) is 36.4 Å². The Bertz CT molecular complexity index is 1230. The fourth-order valence-corrected chi connectivity index (χ4v) is 6.15. The second-order valence-corrected chi connectivity index (χ2v) is 12.9. The van der Waals surface area contributed by atoms with Gasteiger partial charge in [-0.05, 0) is 68.1 Å². The molecule has 6 rings (SSSR count). The predicted molar refractivity (Wildman–Crippen MR) is 144 cm³/mol. The number of anilines is 1. The molecular formula is C27H35BrFN5O4. The largest absolute Gasteiger partial charge is 0.463 e. The normalized spacial score (nSPS) is 24.8. The molecule has 2 atom stereocenters. The van der Waals surface area contributed by atoms with E-state index in [1.165, 1.54) is 0 Å². The van der Waals surface area contributed by atoms with Crippen molar-refractivity contribution in [3.05, 3.63) is 22.4 Å². The van der Waals surface area contributed by atoms with E-state index in [1.54, 1.807) is 6.07 Å². The zero-order valence-electron chi connectivity index (χ0n) is 22.2. The first-order valence-electron chi connectivity index (χ1n) is 13.5. The summed E-state index contributed by atoms with van der Waals surface area (Å²) in [6, 6.07) is 3.83. The maximum atomic E-state index is 15.3. The molecule has 0 radical (unpaired) electrons.